The Bertz CT molecular complexity index is 1060. The van der Waals surface area contributed by atoms with Gasteiger partial charge < -0.3 is 24.4 Å². The van der Waals surface area contributed by atoms with Gasteiger partial charge in [0.05, 0.1) is 18.8 Å². The topological polar surface area (TPSA) is 72.9 Å². The monoisotopic (exact) mass is 419 g/mol. The highest BCUT2D eigenvalue weighted by Crippen LogP contribution is 2.35. The van der Waals surface area contributed by atoms with Crippen LogP contribution in [0.3, 0.4) is 0 Å². The lowest BCUT2D eigenvalue weighted by Crippen LogP contribution is -2.36. The lowest BCUT2D eigenvalue weighted by molar-refractivity contribution is 0.102. The second-order valence-corrected chi connectivity index (χ2v) is 7.13. The Hall–Kier alpha value is -3.58. The minimum Gasteiger partial charge on any atom is -0.454 e. The normalized spacial score (nSPS) is 14.6. The van der Waals surface area contributed by atoms with Gasteiger partial charge in [-0.3, -0.25) is 9.78 Å². The second kappa shape index (κ2) is 9.06. The van der Waals surface area contributed by atoms with Crippen LogP contribution in [-0.4, -0.2) is 44.0 Å². The summed E-state index contributed by atoms with van der Waals surface area (Å²) < 4.78 is 16.2. The first-order valence-corrected chi connectivity index (χ1v) is 9.85. The molecule has 2 aliphatic heterocycles. The first-order chi connectivity index (χ1) is 14.8. The van der Waals surface area contributed by atoms with E-state index >= 15 is 0 Å². The summed E-state index contributed by atoms with van der Waals surface area (Å²) in [5.41, 5.74) is 4.11. The largest absolute Gasteiger partial charge is 0.454 e. The number of benzene rings is 2. The summed E-state index contributed by atoms with van der Waals surface area (Å²) in [6.45, 7) is 3.47. The van der Waals surface area contributed by atoms with Crippen LogP contribution in [0.5, 0.6) is 11.5 Å². The van der Waals surface area contributed by atoms with E-state index in [0.29, 0.717) is 11.3 Å². The van der Waals surface area contributed by atoms with Gasteiger partial charge in [-0.25, -0.2) is 0 Å². The first-order valence-electron chi connectivity index (χ1n) is 9.85. The smallest absolute Gasteiger partial charge is 0.257 e. The third kappa shape index (κ3) is 4.46. The number of amides is 1. The minimum absolute atomic E-state index is 0. The molecule has 1 aromatic heterocycles. The molecule has 0 radical (unpaired) electrons. The molecule has 0 atom stereocenters. The molecular formula is C24H25N3O4. The number of nitrogens with zero attached hydrogens (tertiary/aromatic N) is 2. The van der Waals surface area contributed by atoms with Gasteiger partial charge in [0.15, 0.2) is 11.5 Å². The molecular weight excluding hydrogens is 394 g/mol. The van der Waals surface area contributed by atoms with E-state index in [1.165, 1.54) is 0 Å². The van der Waals surface area contributed by atoms with Gasteiger partial charge in [-0.1, -0.05) is 13.5 Å². The Morgan fingerprint density at radius 3 is 2.48 bits per heavy atom. The fourth-order valence-electron chi connectivity index (χ4n) is 3.58. The number of nitrogens with one attached hydrogen (secondary N) is 1. The zero-order valence-corrected chi connectivity index (χ0v) is 16.3. The molecule has 1 amide bonds. The van der Waals surface area contributed by atoms with Gasteiger partial charge in [0.25, 0.3) is 5.91 Å². The molecule has 0 saturated carbocycles. The zero-order chi connectivity index (χ0) is 20.3. The van der Waals surface area contributed by atoms with Crippen molar-refractivity contribution in [3.05, 3.63) is 66.5 Å². The van der Waals surface area contributed by atoms with E-state index in [9.17, 15) is 4.79 Å². The third-order valence-electron chi connectivity index (χ3n) is 5.21. The standard InChI is InChI=1S/C23H21N3O4.CH4/c27-23(25-19-2-4-20(5-3-19)26-7-9-28-10-8-26)18-11-17(13-24-14-18)16-1-6-21-22(12-16)30-15-29-21;/h1-6,11-14H,7-10,15H2,(H,25,27);1H4. The Labute approximate surface area is 181 Å². The van der Waals surface area contributed by atoms with Crippen LogP contribution in [0.1, 0.15) is 17.8 Å². The predicted molar refractivity (Wildman–Crippen MR) is 120 cm³/mol. The molecule has 1 saturated heterocycles. The van der Waals surface area contributed by atoms with Crippen LogP contribution in [-0.2, 0) is 4.74 Å². The van der Waals surface area contributed by atoms with Crippen LogP contribution in [0.15, 0.2) is 60.9 Å². The van der Waals surface area contributed by atoms with E-state index in [-0.39, 0.29) is 20.1 Å². The van der Waals surface area contributed by atoms with Crippen LogP contribution >= 0.6 is 0 Å². The van der Waals surface area contributed by atoms with Crippen LogP contribution in [0.4, 0.5) is 11.4 Å². The maximum atomic E-state index is 12.7. The maximum Gasteiger partial charge on any atom is 0.257 e. The van der Waals surface area contributed by atoms with Gasteiger partial charge in [0.2, 0.25) is 6.79 Å². The predicted octanol–water partition coefficient (Wildman–Crippen LogP) is 4.20. The van der Waals surface area contributed by atoms with Crippen molar-refractivity contribution in [2.75, 3.05) is 43.3 Å². The second-order valence-electron chi connectivity index (χ2n) is 7.13. The SMILES string of the molecule is C.O=C(Nc1ccc(N2CCOCC2)cc1)c1cncc(-c2ccc3c(c2)OCO3)c1. The average molecular weight is 419 g/mol. The number of rotatable bonds is 4. The van der Waals surface area contributed by atoms with E-state index in [1.807, 2.05) is 48.5 Å². The molecule has 7 nitrogen and oxygen atoms in total. The summed E-state index contributed by atoms with van der Waals surface area (Å²) in [6.07, 6.45) is 3.29. The molecule has 2 aliphatic rings. The minimum atomic E-state index is -0.204. The van der Waals surface area contributed by atoms with Crippen molar-refractivity contribution in [3.8, 4) is 22.6 Å². The maximum absolute atomic E-state index is 12.7. The van der Waals surface area contributed by atoms with Gasteiger partial charge in [0, 0.05) is 42.4 Å². The number of carbonyl (C=O) groups excluding carboxylic acids is 1. The van der Waals surface area contributed by atoms with Crippen molar-refractivity contribution in [3.63, 3.8) is 0 Å². The summed E-state index contributed by atoms with van der Waals surface area (Å²) in [7, 11) is 0. The lowest BCUT2D eigenvalue weighted by Gasteiger charge is -2.28. The molecule has 0 bridgehead atoms. The Morgan fingerprint density at radius 2 is 1.68 bits per heavy atom. The number of hydrogen-bond acceptors (Lipinski definition) is 6. The summed E-state index contributed by atoms with van der Waals surface area (Å²) in [6, 6.07) is 15.4. The highest BCUT2D eigenvalue weighted by Gasteiger charge is 2.15. The number of pyridine rings is 1. The third-order valence-corrected chi connectivity index (χ3v) is 5.21. The van der Waals surface area contributed by atoms with Crippen molar-refractivity contribution in [1.82, 2.24) is 4.98 Å². The highest BCUT2D eigenvalue weighted by atomic mass is 16.7. The Morgan fingerprint density at radius 1 is 0.903 bits per heavy atom. The molecule has 31 heavy (non-hydrogen) atoms. The summed E-state index contributed by atoms with van der Waals surface area (Å²) in [4.78, 5) is 19.3. The van der Waals surface area contributed by atoms with Crippen molar-refractivity contribution in [2.24, 2.45) is 0 Å². The highest BCUT2D eigenvalue weighted by molar-refractivity contribution is 6.04. The molecule has 0 spiro atoms. The van der Waals surface area contributed by atoms with E-state index in [2.05, 4.69) is 15.2 Å². The zero-order valence-electron chi connectivity index (χ0n) is 16.3. The van der Waals surface area contributed by atoms with Crippen molar-refractivity contribution < 1.29 is 19.0 Å². The summed E-state index contributed by atoms with van der Waals surface area (Å²) in [5, 5.41) is 2.94. The van der Waals surface area contributed by atoms with E-state index in [0.717, 1.165) is 54.6 Å². The number of hydrogen-bond donors (Lipinski definition) is 1. The molecule has 160 valence electrons. The number of morpholine rings is 1. The molecule has 1 N–H and O–H groups in total. The number of carbonyl (C=O) groups is 1. The van der Waals surface area contributed by atoms with Crippen LogP contribution in [0.25, 0.3) is 11.1 Å². The molecule has 1 fully saturated rings. The Balaban J connectivity index is 0.00000231. The molecule has 3 heterocycles. The number of fused-ring (bicyclic) bond motifs is 1. The van der Waals surface area contributed by atoms with Gasteiger partial charge >= 0.3 is 0 Å². The molecule has 0 aliphatic carbocycles. The molecule has 0 unspecified atom stereocenters. The van der Waals surface area contributed by atoms with Crippen molar-refractivity contribution >= 4 is 17.3 Å². The summed E-state index contributed by atoms with van der Waals surface area (Å²) in [5.74, 6) is 1.22. The molecule has 2 aromatic carbocycles. The average Bonchev–Trinajstić information content (AvgIpc) is 3.28. The van der Waals surface area contributed by atoms with Crippen LogP contribution in [0, 0.1) is 0 Å². The van der Waals surface area contributed by atoms with Crippen LogP contribution < -0.4 is 19.7 Å². The van der Waals surface area contributed by atoms with Gasteiger partial charge in [0.1, 0.15) is 0 Å². The molecule has 7 heteroatoms. The van der Waals surface area contributed by atoms with Gasteiger partial charge in [-0.15, -0.1) is 0 Å². The quantitative estimate of drug-likeness (QED) is 0.683. The Kier molecular flexibility index (Phi) is 6.04. The van der Waals surface area contributed by atoms with E-state index in [4.69, 9.17) is 14.2 Å². The fraction of sp³-hybridized carbons (Fsp3) is 0.250. The van der Waals surface area contributed by atoms with Gasteiger partial charge in [-0.05, 0) is 48.0 Å². The number of anilines is 2. The lowest BCUT2D eigenvalue weighted by atomic mass is 10.1. The molecule has 3 aromatic rings. The van der Waals surface area contributed by atoms with Crippen molar-refractivity contribution in [1.29, 1.82) is 0 Å². The number of aromatic nitrogens is 1. The van der Waals surface area contributed by atoms with Gasteiger partial charge in [-0.2, -0.15) is 0 Å². The molecule has 5 rings (SSSR count). The van der Waals surface area contributed by atoms with Crippen LogP contribution in [0.2, 0.25) is 0 Å². The first kappa shape index (κ1) is 20.7. The van der Waals surface area contributed by atoms with E-state index in [1.54, 1.807) is 12.4 Å². The summed E-state index contributed by atoms with van der Waals surface area (Å²) >= 11 is 0. The van der Waals surface area contributed by atoms with Crippen molar-refractivity contribution in [2.45, 2.75) is 7.43 Å². The number of ether oxygens (including phenoxy) is 3. The van der Waals surface area contributed by atoms with E-state index < -0.39 is 0 Å². The fourth-order valence-corrected chi connectivity index (χ4v) is 3.58.